The van der Waals surface area contributed by atoms with Crippen molar-refractivity contribution < 1.29 is 0 Å². The quantitative estimate of drug-likeness (QED) is 0.417. The van der Waals surface area contributed by atoms with Gasteiger partial charge in [-0.3, -0.25) is 0 Å². The second kappa shape index (κ2) is 8.15. The molecule has 3 aromatic carbocycles. The molecule has 1 aromatic heterocycles. The zero-order chi connectivity index (χ0) is 21.2. The van der Waals surface area contributed by atoms with Crippen LogP contribution < -0.4 is 16.4 Å². The van der Waals surface area contributed by atoms with E-state index in [1.807, 2.05) is 48.5 Å². The lowest BCUT2D eigenvalue weighted by atomic mass is 9.99. The van der Waals surface area contributed by atoms with Gasteiger partial charge in [0.25, 0.3) is 0 Å². The van der Waals surface area contributed by atoms with Gasteiger partial charge in [0.2, 0.25) is 0 Å². The summed E-state index contributed by atoms with van der Waals surface area (Å²) in [4.78, 5) is 7.40. The number of rotatable bonds is 4. The first-order chi connectivity index (χ1) is 15.2. The molecule has 0 radical (unpaired) electrons. The maximum atomic E-state index is 5.89. The summed E-state index contributed by atoms with van der Waals surface area (Å²) in [5.41, 5.74) is 20.8. The van der Waals surface area contributed by atoms with Crippen LogP contribution in [0.3, 0.4) is 0 Å². The van der Waals surface area contributed by atoms with Crippen molar-refractivity contribution in [1.82, 2.24) is 4.98 Å². The van der Waals surface area contributed by atoms with Gasteiger partial charge < -0.3 is 16.4 Å². The maximum absolute atomic E-state index is 5.89. The first kappa shape index (κ1) is 19.2. The van der Waals surface area contributed by atoms with E-state index in [9.17, 15) is 0 Å². The van der Waals surface area contributed by atoms with Crippen molar-refractivity contribution in [1.29, 1.82) is 0 Å². The molecule has 1 aliphatic heterocycles. The van der Waals surface area contributed by atoms with Gasteiger partial charge in [-0.25, -0.2) is 4.98 Å². The van der Waals surface area contributed by atoms with Crippen LogP contribution >= 0.6 is 0 Å². The van der Waals surface area contributed by atoms with E-state index in [0.717, 1.165) is 52.5 Å². The Balaban J connectivity index is 1.58. The molecule has 4 aromatic rings. The van der Waals surface area contributed by atoms with Gasteiger partial charge >= 0.3 is 0 Å². The van der Waals surface area contributed by atoms with Gasteiger partial charge in [0.1, 0.15) is 0 Å². The molecule has 0 bridgehead atoms. The molecule has 0 aliphatic carbocycles. The highest BCUT2D eigenvalue weighted by atomic mass is 15.1. The van der Waals surface area contributed by atoms with Crippen LogP contribution in [0, 0.1) is 0 Å². The largest absolute Gasteiger partial charge is 0.399 e. The smallest absolute Gasteiger partial charge is 0.0715 e. The lowest BCUT2D eigenvalue weighted by molar-refractivity contribution is 0.949. The van der Waals surface area contributed by atoms with Gasteiger partial charge in [0.15, 0.2) is 0 Å². The summed E-state index contributed by atoms with van der Waals surface area (Å²) in [5.74, 6) is 0. The van der Waals surface area contributed by atoms with E-state index >= 15 is 0 Å². The zero-order valence-corrected chi connectivity index (χ0v) is 17.5. The summed E-state index contributed by atoms with van der Waals surface area (Å²) in [6, 6.07) is 28.9. The SMILES string of the molecule is Nc1ccc(-c2cc(-c3ccc(N4CCCC4)cc3)cc(-c3ccc(N)cc3)n2)cc1. The second-order valence-electron chi connectivity index (χ2n) is 8.11. The van der Waals surface area contributed by atoms with Gasteiger partial charge in [0, 0.05) is 41.3 Å². The van der Waals surface area contributed by atoms with Crippen LogP contribution in [0.4, 0.5) is 17.1 Å². The van der Waals surface area contributed by atoms with E-state index in [1.165, 1.54) is 24.1 Å². The molecule has 0 amide bonds. The van der Waals surface area contributed by atoms with Crippen molar-refractivity contribution in [3.8, 4) is 33.6 Å². The fourth-order valence-corrected chi connectivity index (χ4v) is 4.14. The summed E-state index contributed by atoms with van der Waals surface area (Å²) >= 11 is 0. The minimum atomic E-state index is 0.746. The fourth-order valence-electron chi connectivity index (χ4n) is 4.14. The molecular weight excluding hydrogens is 380 g/mol. The first-order valence-electron chi connectivity index (χ1n) is 10.7. The van der Waals surface area contributed by atoms with Crippen molar-refractivity contribution in [2.24, 2.45) is 0 Å². The third-order valence-electron chi connectivity index (χ3n) is 5.91. The van der Waals surface area contributed by atoms with Crippen LogP contribution in [0.5, 0.6) is 0 Å². The summed E-state index contributed by atoms with van der Waals surface area (Å²) < 4.78 is 0. The third kappa shape index (κ3) is 4.10. The lowest BCUT2D eigenvalue weighted by Crippen LogP contribution is -2.17. The summed E-state index contributed by atoms with van der Waals surface area (Å²) in [5, 5.41) is 0. The summed E-state index contributed by atoms with van der Waals surface area (Å²) in [6.07, 6.45) is 2.56. The molecular formula is C27H26N4. The molecule has 154 valence electrons. The Morgan fingerprint density at radius 2 is 1.00 bits per heavy atom. The van der Waals surface area contributed by atoms with Crippen molar-refractivity contribution >= 4 is 17.1 Å². The molecule has 0 saturated carbocycles. The Morgan fingerprint density at radius 3 is 1.48 bits per heavy atom. The van der Waals surface area contributed by atoms with Crippen LogP contribution in [-0.2, 0) is 0 Å². The van der Waals surface area contributed by atoms with Crippen LogP contribution in [0.2, 0.25) is 0 Å². The Bertz CT molecular complexity index is 1110. The predicted molar refractivity (Wildman–Crippen MR) is 131 cm³/mol. The molecule has 1 saturated heterocycles. The van der Waals surface area contributed by atoms with Crippen LogP contribution in [0.1, 0.15) is 12.8 Å². The van der Waals surface area contributed by atoms with E-state index in [0.29, 0.717) is 0 Å². The first-order valence-corrected chi connectivity index (χ1v) is 10.7. The van der Waals surface area contributed by atoms with E-state index in [2.05, 4.69) is 41.3 Å². The number of anilines is 3. The molecule has 2 heterocycles. The molecule has 0 atom stereocenters. The minimum absolute atomic E-state index is 0.746. The minimum Gasteiger partial charge on any atom is -0.399 e. The van der Waals surface area contributed by atoms with E-state index < -0.39 is 0 Å². The topological polar surface area (TPSA) is 68.2 Å². The standard InChI is InChI=1S/C27H26N4/c28-23-9-3-20(4-10-23)26-17-22(18-27(30-26)21-5-11-24(29)12-6-21)19-7-13-25(14-8-19)31-15-1-2-16-31/h3-14,17-18H,1-2,15-16,28-29H2. The van der Waals surface area contributed by atoms with Gasteiger partial charge in [-0.15, -0.1) is 0 Å². The van der Waals surface area contributed by atoms with Crippen molar-refractivity contribution in [3.05, 3.63) is 84.9 Å². The molecule has 4 N–H and O–H groups in total. The van der Waals surface area contributed by atoms with Crippen LogP contribution in [0.25, 0.3) is 33.6 Å². The van der Waals surface area contributed by atoms with E-state index in [4.69, 9.17) is 16.5 Å². The van der Waals surface area contributed by atoms with Crippen molar-refractivity contribution in [2.75, 3.05) is 29.5 Å². The number of pyridine rings is 1. The van der Waals surface area contributed by atoms with Gasteiger partial charge in [-0.05, 0) is 72.5 Å². The number of nitrogen functional groups attached to an aromatic ring is 2. The predicted octanol–water partition coefficient (Wildman–Crippen LogP) is 5.85. The fraction of sp³-hybridized carbons (Fsp3) is 0.148. The molecule has 0 spiro atoms. The highest BCUT2D eigenvalue weighted by Gasteiger charge is 2.13. The average Bonchev–Trinajstić information content (AvgIpc) is 3.35. The Kier molecular flexibility index (Phi) is 5.04. The number of hydrogen-bond acceptors (Lipinski definition) is 4. The Hall–Kier alpha value is -3.79. The van der Waals surface area contributed by atoms with Crippen molar-refractivity contribution in [3.63, 3.8) is 0 Å². The molecule has 4 nitrogen and oxygen atoms in total. The molecule has 1 fully saturated rings. The number of aromatic nitrogens is 1. The zero-order valence-electron chi connectivity index (χ0n) is 17.5. The third-order valence-corrected chi connectivity index (χ3v) is 5.91. The highest BCUT2D eigenvalue weighted by molar-refractivity contribution is 5.78. The van der Waals surface area contributed by atoms with E-state index in [1.54, 1.807) is 0 Å². The van der Waals surface area contributed by atoms with Crippen LogP contribution in [0.15, 0.2) is 84.9 Å². The van der Waals surface area contributed by atoms with Gasteiger partial charge in [0.05, 0.1) is 11.4 Å². The van der Waals surface area contributed by atoms with Gasteiger partial charge in [-0.1, -0.05) is 36.4 Å². The molecule has 0 unspecified atom stereocenters. The van der Waals surface area contributed by atoms with E-state index in [-0.39, 0.29) is 0 Å². The summed E-state index contributed by atoms with van der Waals surface area (Å²) in [7, 11) is 0. The van der Waals surface area contributed by atoms with Crippen molar-refractivity contribution in [2.45, 2.75) is 12.8 Å². The monoisotopic (exact) mass is 406 g/mol. The van der Waals surface area contributed by atoms with Gasteiger partial charge in [-0.2, -0.15) is 0 Å². The number of hydrogen-bond donors (Lipinski definition) is 2. The Labute approximate surface area is 183 Å². The van der Waals surface area contributed by atoms with Crippen LogP contribution in [-0.4, -0.2) is 18.1 Å². The second-order valence-corrected chi connectivity index (χ2v) is 8.11. The summed E-state index contributed by atoms with van der Waals surface area (Å²) in [6.45, 7) is 2.30. The number of nitrogens with zero attached hydrogens (tertiary/aromatic N) is 2. The average molecular weight is 407 g/mol. The molecule has 1 aliphatic rings. The number of nitrogens with two attached hydrogens (primary N) is 2. The lowest BCUT2D eigenvalue weighted by Gasteiger charge is -2.18. The molecule has 4 heteroatoms. The molecule has 31 heavy (non-hydrogen) atoms. The molecule has 5 rings (SSSR count). The Morgan fingerprint density at radius 1 is 0.548 bits per heavy atom. The number of benzene rings is 3. The normalized spacial score (nSPS) is 13.5. The maximum Gasteiger partial charge on any atom is 0.0715 e. The highest BCUT2D eigenvalue weighted by Crippen LogP contribution is 2.32.